The molecule has 0 amide bonds. The van der Waals surface area contributed by atoms with Gasteiger partial charge < -0.3 is 4.57 Å². The summed E-state index contributed by atoms with van der Waals surface area (Å²) in [4.78, 5) is 10.4. The van der Waals surface area contributed by atoms with Gasteiger partial charge in [0.05, 0.1) is 33.5 Å². The van der Waals surface area contributed by atoms with E-state index in [0.717, 1.165) is 55.6 Å². The Morgan fingerprint density at radius 2 is 0.696 bits per heavy atom. The molecule has 0 unspecified atom stereocenters. The van der Waals surface area contributed by atoms with Gasteiger partial charge in [-0.15, -0.1) is 0 Å². The molecule has 0 saturated carbocycles. The SMILES string of the molecule is c1ccc(-c2cccc(-n3c4ccccc4c4cc(-c5ccc6c(c5)c5ccccc5n6-c5nc(-c6ccccc6)cc(-c6ccccc6)n5)ccc43)c2)cc1. The minimum atomic E-state index is 0.648. The summed E-state index contributed by atoms with van der Waals surface area (Å²) in [6.07, 6.45) is 0. The monoisotopic (exact) mass is 714 g/mol. The number of para-hydroxylation sites is 2. The molecule has 0 radical (unpaired) electrons. The lowest BCUT2D eigenvalue weighted by Gasteiger charge is -2.12. The molecule has 56 heavy (non-hydrogen) atoms. The van der Waals surface area contributed by atoms with E-state index >= 15 is 0 Å². The van der Waals surface area contributed by atoms with Crippen molar-refractivity contribution in [1.29, 1.82) is 0 Å². The highest BCUT2D eigenvalue weighted by Gasteiger charge is 2.19. The second-order valence-corrected chi connectivity index (χ2v) is 14.3. The molecule has 0 bridgehead atoms. The summed E-state index contributed by atoms with van der Waals surface area (Å²) >= 11 is 0. The Morgan fingerprint density at radius 1 is 0.268 bits per heavy atom. The highest BCUT2D eigenvalue weighted by molar-refractivity contribution is 6.12. The van der Waals surface area contributed by atoms with E-state index in [1.165, 1.54) is 38.5 Å². The van der Waals surface area contributed by atoms with Crippen LogP contribution >= 0.6 is 0 Å². The first-order valence-corrected chi connectivity index (χ1v) is 19.0. The molecular formula is C52H34N4. The van der Waals surface area contributed by atoms with Gasteiger partial charge in [0.25, 0.3) is 0 Å². The molecule has 0 aliphatic rings. The van der Waals surface area contributed by atoms with Crippen molar-refractivity contribution in [3.63, 3.8) is 0 Å². The third-order valence-corrected chi connectivity index (χ3v) is 10.9. The van der Waals surface area contributed by atoms with E-state index in [9.17, 15) is 0 Å². The molecular weight excluding hydrogens is 681 g/mol. The molecule has 0 aliphatic heterocycles. The van der Waals surface area contributed by atoms with Crippen LogP contribution in [-0.4, -0.2) is 19.1 Å². The summed E-state index contributed by atoms with van der Waals surface area (Å²) in [6.45, 7) is 0. The van der Waals surface area contributed by atoms with Crippen molar-refractivity contribution >= 4 is 43.6 Å². The van der Waals surface area contributed by atoms with Crippen LogP contribution in [0.3, 0.4) is 0 Å². The van der Waals surface area contributed by atoms with Gasteiger partial charge in [-0.25, -0.2) is 9.97 Å². The van der Waals surface area contributed by atoms with Crippen LogP contribution in [0.2, 0.25) is 0 Å². The molecule has 0 atom stereocenters. The number of benzene rings is 8. The quantitative estimate of drug-likeness (QED) is 0.172. The number of hydrogen-bond acceptors (Lipinski definition) is 2. The van der Waals surface area contributed by atoms with Gasteiger partial charge in [-0.3, -0.25) is 4.57 Å². The Hall–Kier alpha value is -7.56. The third-order valence-electron chi connectivity index (χ3n) is 10.9. The zero-order valence-corrected chi connectivity index (χ0v) is 30.4. The van der Waals surface area contributed by atoms with Crippen LogP contribution in [0.5, 0.6) is 0 Å². The maximum Gasteiger partial charge on any atom is 0.235 e. The standard InChI is InChI=1S/C52H34N4/c1-4-15-35(16-5-1)38-21-14-22-41(31-38)55-48-25-12-10-23-42(48)44-32-39(27-29-50(44)55)40-28-30-51-45(33-40)43-24-11-13-26-49(43)56(51)52-53-46(36-17-6-2-7-18-36)34-47(54-52)37-19-8-3-9-20-37/h1-34H. The number of hydrogen-bond donors (Lipinski definition) is 0. The minimum absolute atomic E-state index is 0.648. The molecule has 3 aromatic heterocycles. The Labute approximate surface area is 324 Å². The Kier molecular flexibility index (Phi) is 7.46. The van der Waals surface area contributed by atoms with Gasteiger partial charge in [-0.05, 0) is 76.9 Å². The Bertz CT molecular complexity index is 3170. The van der Waals surface area contributed by atoms with E-state index in [1.807, 2.05) is 12.1 Å². The molecule has 4 nitrogen and oxygen atoms in total. The molecule has 8 aromatic carbocycles. The first-order valence-electron chi connectivity index (χ1n) is 19.0. The van der Waals surface area contributed by atoms with Crippen molar-refractivity contribution < 1.29 is 0 Å². The first kappa shape index (κ1) is 31.9. The third kappa shape index (κ3) is 5.31. The zero-order chi connectivity index (χ0) is 37.0. The van der Waals surface area contributed by atoms with Crippen LogP contribution in [0, 0.1) is 0 Å². The maximum absolute atomic E-state index is 5.21. The molecule has 262 valence electrons. The molecule has 11 aromatic rings. The van der Waals surface area contributed by atoms with Crippen LogP contribution in [0.15, 0.2) is 206 Å². The van der Waals surface area contributed by atoms with Crippen molar-refractivity contribution in [3.05, 3.63) is 206 Å². The number of rotatable bonds is 6. The van der Waals surface area contributed by atoms with E-state index in [0.29, 0.717) is 5.95 Å². The van der Waals surface area contributed by atoms with E-state index in [4.69, 9.17) is 9.97 Å². The summed E-state index contributed by atoms with van der Waals surface area (Å²) in [5.41, 5.74) is 14.3. The lowest BCUT2D eigenvalue weighted by atomic mass is 10.0. The number of aromatic nitrogens is 4. The van der Waals surface area contributed by atoms with Crippen LogP contribution in [0.4, 0.5) is 0 Å². The largest absolute Gasteiger partial charge is 0.309 e. The van der Waals surface area contributed by atoms with Crippen molar-refractivity contribution in [1.82, 2.24) is 19.1 Å². The molecule has 0 saturated heterocycles. The van der Waals surface area contributed by atoms with Crippen molar-refractivity contribution in [3.8, 4) is 56.4 Å². The van der Waals surface area contributed by atoms with Crippen LogP contribution in [-0.2, 0) is 0 Å². The Balaban J connectivity index is 1.07. The van der Waals surface area contributed by atoms with Crippen LogP contribution in [0.1, 0.15) is 0 Å². The first-order chi connectivity index (χ1) is 27.8. The average Bonchev–Trinajstić information content (AvgIpc) is 3.79. The van der Waals surface area contributed by atoms with Gasteiger partial charge in [0.15, 0.2) is 0 Å². The van der Waals surface area contributed by atoms with E-state index in [1.54, 1.807) is 0 Å². The van der Waals surface area contributed by atoms with Crippen molar-refractivity contribution in [2.45, 2.75) is 0 Å². The summed E-state index contributed by atoms with van der Waals surface area (Å²) in [6, 6.07) is 73.3. The topological polar surface area (TPSA) is 35.6 Å². The molecule has 3 heterocycles. The van der Waals surface area contributed by atoms with E-state index in [2.05, 4.69) is 203 Å². The molecule has 0 spiro atoms. The second kappa shape index (κ2) is 13.1. The van der Waals surface area contributed by atoms with Crippen LogP contribution in [0.25, 0.3) is 100 Å². The fraction of sp³-hybridized carbons (Fsp3) is 0. The smallest absolute Gasteiger partial charge is 0.235 e. The van der Waals surface area contributed by atoms with Crippen molar-refractivity contribution in [2.24, 2.45) is 0 Å². The lowest BCUT2D eigenvalue weighted by Crippen LogP contribution is -2.03. The van der Waals surface area contributed by atoms with Gasteiger partial charge in [0.2, 0.25) is 5.95 Å². The van der Waals surface area contributed by atoms with Gasteiger partial charge in [-0.1, -0.05) is 152 Å². The number of nitrogens with zero attached hydrogens (tertiary/aromatic N) is 4. The van der Waals surface area contributed by atoms with Crippen molar-refractivity contribution in [2.75, 3.05) is 0 Å². The lowest BCUT2D eigenvalue weighted by molar-refractivity contribution is 0.995. The summed E-state index contributed by atoms with van der Waals surface area (Å²) in [7, 11) is 0. The maximum atomic E-state index is 5.21. The minimum Gasteiger partial charge on any atom is -0.309 e. The van der Waals surface area contributed by atoms with Gasteiger partial charge >= 0.3 is 0 Å². The Morgan fingerprint density at radius 3 is 1.27 bits per heavy atom. The van der Waals surface area contributed by atoms with Gasteiger partial charge in [0, 0.05) is 38.4 Å². The highest BCUT2D eigenvalue weighted by Crippen LogP contribution is 2.39. The second-order valence-electron chi connectivity index (χ2n) is 14.3. The van der Waals surface area contributed by atoms with Gasteiger partial charge in [-0.2, -0.15) is 0 Å². The van der Waals surface area contributed by atoms with E-state index < -0.39 is 0 Å². The molecule has 0 fully saturated rings. The highest BCUT2D eigenvalue weighted by atomic mass is 15.2. The summed E-state index contributed by atoms with van der Waals surface area (Å²) in [5, 5.41) is 4.78. The average molecular weight is 715 g/mol. The predicted molar refractivity (Wildman–Crippen MR) is 232 cm³/mol. The van der Waals surface area contributed by atoms with Crippen LogP contribution < -0.4 is 0 Å². The summed E-state index contributed by atoms with van der Waals surface area (Å²) in [5.74, 6) is 0.648. The van der Waals surface area contributed by atoms with E-state index in [-0.39, 0.29) is 0 Å². The molecule has 4 heteroatoms. The van der Waals surface area contributed by atoms with Gasteiger partial charge in [0.1, 0.15) is 0 Å². The number of fused-ring (bicyclic) bond motifs is 6. The zero-order valence-electron chi connectivity index (χ0n) is 30.4. The molecule has 0 N–H and O–H groups in total. The fourth-order valence-electron chi connectivity index (χ4n) is 8.30. The fourth-order valence-corrected chi connectivity index (χ4v) is 8.30. The predicted octanol–water partition coefficient (Wildman–Crippen LogP) is 13.3. The molecule has 11 rings (SSSR count). The normalized spacial score (nSPS) is 11.6. The molecule has 0 aliphatic carbocycles. The summed E-state index contributed by atoms with van der Waals surface area (Å²) < 4.78 is 4.61.